The fourth-order valence-electron chi connectivity index (χ4n) is 4.13. The fraction of sp³-hybridized carbons (Fsp3) is 0.526. The topological polar surface area (TPSA) is 87.5 Å². The van der Waals surface area contributed by atoms with Gasteiger partial charge in [0.05, 0.1) is 0 Å². The second-order valence-electron chi connectivity index (χ2n) is 7.71. The van der Waals surface area contributed by atoms with Gasteiger partial charge < -0.3 is 9.80 Å². The molecular formula is C19H25N7O2. The van der Waals surface area contributed by atoms with Gasteiger partial charge in [0.25, 0.3) is 5.91 Å². The molecule has 4 rings (SSSR count). The second kappa shape index (κ2) is 7.31. The van der Waals surface area contributed by atoms with Crippen LogP contribution in [-0.4, -0.2) is 92.1 Å². The molecule has 9 nitrogen and oxygen atoms in total. The van der Waals surface area contributed by atoms with Gasteiger partial charge >= 0.3 is 0 Å². The van der Waals surface area contributed by atoms with E-state index in [4.69, 9.17) is 0 Å². The zero-order valence-electron chi connectivity index (χ0n) is 16.3. The molecule has 2 aromatic rings. The Morgan fingerprint density at radius 1 is 1.11 bits per heavy atom. The number of rotatable bonds is 2. The van der Waals surface area contributed by atoms with E-state index in [9.17, 15) is 9.59 Å². The molecule has 2 fully saturated rings. The summed E-state index contributed by atoms with van der Waals surface area (Å²) in [5.41, 5.74) is 0.443. The van der Waals surface area contributed by atoms with Crippen LogP contribution in [0.4, 0.5) is 0 Å². The Kier molecular flexibility index (Phi) is 4.84. The number of nitrogens with zero attached hydrogens (tertiary/aromatic N) is 7. The van der Waals surface area contributed by atoms with Crippen LogP contribution < -0.4 is 0 Å². The number of hydrogen-bond acceptors (Lipinski definition) is 6. The number of hydrogen-bond donors (Lipinski definition) is 0. The molecule has 0 radical (unpaired) electrons. The molecule has 0 saturated carbocycles. The molecule has 2 aliphatic rings. The number of likely N-dealkylation sites (tertiary alicyclic amines) is 1. The Morgan fingerprint density at radius 3 is 2.68 bits per heavy atom. The number of carbonyl (C=O) groups excluding carboxylic acids is 2. The minimum absolute atomic E-state index is 0.00636. The summed E-state index contributed by atoms with van der Waals surface area (Å²) >= 11 is 0. The number of likely N-dealkylation sites (N-methyl/N-ethyl adjacent to an activating group) is 1. The van der Waals surface area contributed by atoms with Crippen molar-refractivity contribution in [3.8, 4) is 5.82 Å². The predicted molar refractivity (Wildman–Crippen MR) is 102 cm³/mol. The number of pyridine rings is 1. The van der Waals surface area contributed by atoms with Gasteiger partial charge in [-0.1, -0.05) is 0 Å². The van der Waals surface area contributed by atoms with E-state index in [2.05, 4.69) is 27.1 Å². The summed E-state index contributed by atoms with van der Waals surface area (Å²) in [6, 6.07) is 3.51. The van der Waals surface area contributed by atoms with Gasteiger partial charge in [-0.2, -0.15) is 0 Å². The Bertz CT molecular complexity index is 869. The summed E-state index contributed by atoms with van der Waals surface area (Å²) in [6.45, 7) is 2.82. The van der Waals surface area contributed by atoms with Crippen LogP contribution >= 0.6 is 0 Å². The van der Waals surface area contributed by atoms with Gasteiger partial charge in [0.2, 0.25) is 5.91 Å². The van der Waals surface area contributed by atoms with Gasteiger partial charge in [-0.15, -0.1) is 10.2 Å². The van der Waals surface area contributed by atoms with E-state index in [-0.39, 0.29) is 17.4 Å². The third-order valence-corrected chi connectivity index (χ3v) is 6.11. The molecule has 9 heteroatoms. The van der Waals surface area contributed by atoms with Crippen LogP contribution in [0.25, 0.3) is 5.82 Å². The molecule has 1 atom stereocenters. The SMILES string of the molecule is CN1CC[C@]2(CCC1=O)CN(C(=O)c1ccnc(-n3cnnc3)c1)CCN2C. The lowest BCUT2D eigenvalue weighted by molar-refractivity contribution is -0.129. The van der Waals surface area contributed by atoms with Crippen LogP contribution in [0.3, 0.4) is 0 Å². The Labute approximate surface area is 164 Å². The minimum Gasteiger partial charge on any atom is -0.346 e. The first-order valence-corrected chi connectivity index (χ1v) is 9.54. The molecule has 148 valence electrons. The summed E-state index contributed by atoms with van der Waals surface area (Å²) in [6.07, 6.45) is 6.92. The molecule has 0 aromatic carbocycles. The first-order chi connectivity index (χ1) is 13.5. The highest BCUT2D eigenvalue weighted by Gasteiger charge is 2.43. The molecule has 2 aromatic heterocycles. The van der Waals surface area contributed by atoms with Crippen molar-refractivity contribution in [1.29, 1.82) is 0 Å². The fourth-order valence-corrected chi connectivity index (χ4v) is 4.13. The maximum atomic E-state index is 13.2. The summed E-state index contributed by atoms with van der Waals surface area (Å²) in [5.74, 6) is 0.788. The molecule has 1 spiro atoms. The van der Waals surface area contributed by atoms with Crippen molar-refractivity contribution in [2.45, 2.75) is 24.8 Å². The maximum Gasteiger partial charge on any atom is 0.254 e. The lowest BCUT2D eigenvalue weighted by Gasteiger charge is -2.49. The van der Waals surface area contributed by atoms with Gasteiger partial charge in [-0.25, -0.2) is 4.98 Å². The number of amides is 2. The summed E-state index contributed by atoms with van der Waals surface area (Å²) in [7, 11) is 3.96. The molecule has 0 aliphatic carbocycles. The van der Waals surface area contributed by atoms with Crippen molar-refractivity contribution in [3.63, 3.8) is 0 Å². The Hall–Kier alpha value is -2.81. The van der Waals surface area contributed by atoms with E-state index in [1.54, 1.807) is 40.5 Å². The highest BCUT2D eigenvalue weighted by atomic mass is 16.2. The molecule has 0 unspecified atom stereocenters. The Balaban J connectivity index is 1.55. The van der Waals surface area contributed by atoms with Crippen LogP contribution in [0.15, 0.2) is 31.0 Å². The average Bonchev–Trinajstić information content (AvgIpc) is 3.22. The zero-order chi connectivity index (χ0) is 19.7. The van der Waals surface area contributed by atoms with E-state index in [1.165, 1.54) is 0 Å². The largest absolute Gasteiger partial charge is 0.346 e. The van der Waals surface area contributed by atoms with E-state index < -0.39 is 0 Å². The van der Waals surface area contributed by atoms with Crippen molar-refractivity contribution < 1.29 is 9.59 Å². The Morgan fingerprint density at radius 2 is 1.89 bits per heavy atom. The third kappa shape index (κ3) is 3.37. The molecule has 2 amide bonds. The van der Waals surface area contributed by atoms with Crippen molar-refractivity contribution >= 4 is 11.8 Å². The number of piperazine rings is 1. The molecule has 2 saturated heterocycles. The van der Waals surface area contributed by atoms with Crippen LogP contribution in [0, 0.1) is 0 Å². The maximum absolute atomic E-state index is 13.2. The van der Waals surface area contributed by atoms with E-state index >= 15 is 0 Å². The highest BCUT2D eigenvalue weighted by molar-refractivity contribution is 5.94. The van der Waals surface area contributed by atoms with Gasteiger partial charge in [0.15, 0.2) is 0 Å². The summed E-state index contributed by atoms with van der Waals surface area (Å²) in [4.78, 5) is 35.7. The molecule has 0 bridgehead atoms. The summed E-state index contributed by atoms with van der Waals surface area (Å²) in [5, 5.41) is 7.58. The van der Waals surface area contributed by atoms with Crippen LogP contribution in [0.1, 0.15) is 29.6 Å². The van der Waals surface area contributed by atoms with Crippen molar-refractivity contribution in [2.24, 2.45) is 0 Å². The zero-order valence-corrected chi connectivity index (χ0v) is 16.3. The van der Waals surface area contributed by atoms with Gasteiger partial charge in [-0.3, -0.25) is 19.1 Å². The smallest absolute Gasteiger partial charge is 0.254 e. The number of carbonyl (C=O) groups is 2. The normalized spacial score (nSPS) is 23.9. The third-order valence-electron chi connectivity index (χ3n) is 6.11. The molecule has 2 aliphatic heterocycles. The lowest BCUT2D eigenvalue weighted by Crippen LogP contribution is -2.62. The first kappa shape index (κ1) is 18.5. The number of aromatic nitrogens is 4. The second-order valence-corrected chi connectivity index (χ2v) is 7.71. The van der Waals surface area contributed by atoms with Crippen molar-refractivity contribution in [1.82, 2.24) is 34.4 Å². The van der Waals surface area contributed by atoms with Crippen LogP contribution in [-0.2, 0) is 4.79 Å². The van der Waals surface area contributed by atoms with Gasteiger partial charge in [0, 0.05) is 56.9 Å². The monoisotopic (exact) mass is 383 g/mol. The van der Waals surface area contributed by atoms with Crippen molar-refractivity contribution in [3.05, 3.63) is 36.5 Å². The van der Waals surface area contributed by atoms with Gasteiger partial charge in [-0.05, 0) is 32.0 Å². The summed E-state index contributed by atoms with van der Waals surface area (Å²) < 4.78 is 1.68. The van der Waals surface area contributed by atoms with Crippen LogP contribution in [0.5, 0.6) is 0 Å². The van der Waals surface area contributed by atoms with E-state index in [1.807, 2.05) is 11.9 Å². The van der Waals surface area contributed by atoms with Crippen LogP contribution in [0.2, 0.25) is 0 Å². The predicted octanol–water partition coefficient (Wildman–Crippen LogP) is 0.431. The molecule has 0 N–H and O–H groups in total. The van der Waals surface area contributed by atoms with E-state index in [0.29, 0.717) is 30.9 Å². The quantitative estimate of drug-likeness (QED) is 0.747. The van der Waals surface area contributed by atoms with E-state index in [0.717, 1.165) is 25.9 Å². The van der Waals surface area contributed by atoms with Crippen molar-refractivity contribution in [2.75, 3.05) is 40.3 Å². The highest BCUT2D eigenvalue weighted by Crippen LogP contribution is 2.32. The van der Waals surface area contributed by atoms with Gasteiger partial charge in [0.1, 0.15) is 18.5 Å². The first-order valence-electron chi connectivity index (χ1n) is 9.54. The molecule has 28 heavy (non-hydrogen) atoms. The minimum atomic E-state index is -0.154. The molecular weight excluding hydrogens is 358 g/mol. The molecule has 4 heterocycles. The standard InChI is InChI=1S/C19H25N7O2/c1-23-8-6-19(5-3-17(23)27)12-25(10-9-24(19)2)18(28)15-4-7-20-16(11-15)26-13-21-22-14-26/h4,7,11,13-14H,3,5-6,8-10,12H2,1-2H3/t19-/m1/s1. The lowest BCUT2D eigenvalue weighted by atomic mass is 9.86. The average molecular weight is 383 g/mol.